The molecule has 0 fully saturated rings. The zero-order valence-electron chi connectivity index (χ0n) is 17.8. The standard InChI is InChI=1S/C20H19F4N5O4S/c1-12(13-6-7-18(25-10-13)28(2)33-34(31)32)19(30)26-11-16-9-17(20(22,23)24)27-29(16)15-5-3-4-14(21)8-15/h3-10,12H,11H2,1-2H3,(H,26,30)(H,31,32). The van der Waals surface area contributed by atoms with E-state index in [0.29, 0.717) is 5.56 Å². The predicted octanol–water partition coefficient (Wildman–Crippen LogP) is 3.35. The number of rotatable bonds is 8. The van der Waals surface area contributed by atoms with Crippen LogP contribution in [-0.4, -0.2) is 36.5 Å². The first-order valence-electron chi connectivity index (χ1n) is 9.64. The van der Waals surface area contributed by atoms with Crippen LogP contribution in [0.3, 0.4) is 0 Å². The molecule has 2 atom stereocenters. The molecular weight excluding hydrogens is 482 g/mol. The van der Waals surface area contributed by atoms with E-state index in [9.17, 15) is 26.6 Å². The quantitative estimate of drug-likeness (QED) is 0.277. The van der Waals surface area contributed by atoms with Gasteiger partial charge in [-0.15, -0.1) is 4.28 Å². The van der Waals surface area contributed by atoms with Gasteiger partial charge in [-0.1, -0.05) is 12.1 Å². The normalized spacial score (nSPS) is 13.4. The van der Waals surface area contributed by atoms with Crippen molar-refractivity contribution in [1.82, 2.24) is 20.1 Å². The van der Waals surface area contributed by atoms with E-state index in [1.165, 1.54) is 31.4 Å². The third-order valence-electron chi connectivity index (χ3n) is 4.73. The Morgan fingerprint density at radius 2 is 2.03 bits per heavy atom. The minimum absolute atomic E-state index is 0.00252. The number of carbonyl (C=O) groups excluding carboxylic acids is 1. The molecule has 0 aliphatic heterocycles. The van der Waals surface area contributed by atoms with Crippen LogP contribution >= 0.6 is 0 Å². The van der Waals surface area contributed by atoms with Gasteiger partial charge in [-0.05, 0) is 42.8 Å². The largest absolute Gasteiger partial charge is 0.435 e. The number of hydroxylamine groups is 1. The van der Waals surface area contributed by atoms with Crippen molar-refractivity contribution < 1.29 is 35.4 Å². The summed E-state index contributed by atoms with van der Waals surface area (Å²) in [5.74, 6) is -1.68. The second kappa shape index (κ2) is 10.3. The molecule has 0 saturated carbocycles. The van der Waals surface area contributed by atoms with E-state index < -0.39 is 40.9 Å². The summed E-state index contributed by atoms with van der Waals surface area (Å²) in [4.78, 5) is 16.7. The number of benzene rings is 1. The zero-order valence-corrected chi connectivity index (χ0v) is 18.6. The van der Waals surface area contributed by atoms with Crippen LogP contribution in [0.5, 0.6) is 0 Å². The van der Waals surface area contributed by atoms with Crippen LogP contribution in [0.25, 0.3) is 5.69 Å². The molecule has 9 nitrogen and oxygen atoms in total. The third kappa shape index (κ3) is 6.15. The number of halogens is 4. The summed E-state index contributed by atoms with van der Waals surface area (Å²) >= 11 is -2.54. The van der Waals surface area contributed by atoms with E-state index in [0.717, 1.165) is 27.9 Å². The van der Waals surface area contributed by atoms with E-state index in [-0.39, 0.29) is 23.7 Å². The van der Waals surface area contributed by atoms with Gasteiger partial charge in [-0.3, -0.25) is 9.35 Å². The average Bonchev–Trinajstić information content (AvgIpc) is 3.21. The smallest absolute Gasteiger partial charge is 0.350 e. The van der Waals surface area contributed by atoms with Crippen molar-refractivity contribution in [2.24, 2.45) is 0 Å². The van der Waals surface area contributed by atoms with Crippen molar-refractivity contribution >= 4 is 23.1 Å². The van der Waals surface area contributed by atoms with Gasteiger partial charge in [-0.25, -0.2) is 19.1 Å². The SMILES string of the molecule is CC(C(=O)NCc1cc(C(F)(F)F)nn1-c1cccc(F)c1)c1ccc(N(C)OS(=O)O)nc1. The maximum absolute atomic E-state index is 13.6. The molecule has 182 valence electrons. The van der Waals surface area contributed by atoms with Crippen molar-refractivity contribution in [2.45, 2.75) is 25.6 Å². The van der Waals surface area contributed by atoms with Crippen LogP contribution < -0.4 is 10.4 Å². The number of nitrogens with zero attached hydrogens (tertiary/aromatic N) is 4. The number of pyridine rings is 1. The maximum Gasteiger partial charge on any atom is 0.435 e. The van der Waals surface area contributed by atoms with Crippen LogP contribution in [0.1, 0.15) is 29.8 Å². The van der Waals surface area contributed by atoms with E-state index in [4.69, 9.17) is 4.55 Å². The molecule has 1 aromatic carbocycles. The van der Waals surface area contributed by atoms with Crippen molar-refractivity contribution in [3.8, 4) is 5.69 Å². The Morgan fingerprint density at radius 3 is 2.62 bits per heavy atom. The first kappa shape index (κ1) is 25.3. The first-order chi connectivity index (χ1) is 16.0. The highest BCUT2D eigenvalue weighted by molar-refractivity contribution is 7.74. The molecule has 0 spiro atoms. The fourth-order valence-corrected chi connectivity index (χ4v) is 3.24. The molecule has 2 unspecified atom stereocenters. The molecule has 1 amide bonds. The molecule has 0 aliphatic rings. The average molecular weight is 501 g/mol. The lowest BCUT2D eigenvalue weighted by Gasteiger charge is -2.16. The number of nitrogens with one attached hydrogen (secondary N) is 1. The number of alkyl halides is 3. The molecule has 0 radical (unpaired) electrons. The van der Waals surface area contributed by atoms with E-state index >= 15 is 0 Å². The lowest BCUT2D eigenvalue weighted by molar-refractivity contribution is -0.141. The lowest BCUT2D eigenvalue weighted by atomic mass is 10.0. The van der Waals surface area contributed by atoms with Gasteiger partial charge in [0, 0.05) is 13.2 Å². The molecule has 0 aliphatic carbocycles. The highest BCUT2D eigenvalue weighted by Crippen LogP contribution is 2.30. The van der Waals surface area contributed by atoms with Crippen LogP contribution in [-0.2, 0) is 33.2 Å². The fraction of sp³-hybridized carbons (Fsp3) is 0.250. The van der Waals surface area contributed by atoms with Gasteiger partial charge in [0.25, 0.3) is 0 Å². The van der Waals surface area contributed by atoms with Gasteiger partial charge < -0.3 is 5.32 Å². The predicted molar refractivity (Wildman–Crippen MR) is 113 cm³/mol. The van der Waals surface area contributed by atoms with E-state index in [1.54, 1.807) is 13.0 Å². The van der Waals surface area contributed by atoms with Gasteiger partial charge in [-0.2, -0.15) is 22.5 Å². The zero-order chi connectivity index (χ0) is 25.0. The van der Waals surface area contributed by atoms with Crippen molar-refractivity contribution in [2.75, 3.05) is 12.1 Å². The highest BCUT2D eigenvalue weighted by Gasteiger charge is 2.35. The van der Waals surface area contributed by atoms with Crippen LogP contribution in [0.15, 0.2) is 48.7 Å². The monoisotopic (exact) mass is 501 g/mol. The Labute approximate surface area is 193 Å². The second-order valence-electron chi connectivity index (χ2n) is 7.09. The lowest BCUT2D eigenvalue weighted by Crippen LogP contribution is -2.28. The van der Waals surface area contributed by atoms with Crippen molar-refractivity contribution in [1.29, 1.82) is 0 Å². The van der Waals surface area contributed by atoms with Gasteiger partial charge >= 0.3 is 17.5 Å². The summed E-state index contributed by atoms with van der Waals surface area (Å²) in [5, 5.41) is 7.05. The van der Waals surface area contributed by atoms with Gasteiger partial charge in [0.1, 0.15) is 5.82 Å². The Morgan fingerprint density at radius 1 is 1.29 bits per heavy atom. The maximum atomic E-state index is 13.6. The Balaban J connectivity index is 1.75. The van der Waals surface area contributed by atoms with Crippen LogP contribution in [0.2, 0.25) is 0 Å². The number of carbonyl (C=O) groups is 1. The molecule has 2 aromatic heterocycles. The summed E-state index contributed by atoms with van der Waals surface area (Å²) in [5.41, 5.74) is -0.621. The number of hydrogen-bond donors (Lipinski definition) is 2. The Bertz CT molecular complexity index is 1190. The molecule has 3 aromatic rings. The number of amides is 1. The molecule has 0 saturated heterocycles. The van der Waals surface area contributed by atoms with Crippen LogP contribution in [0.4, 0.5) is 23.4 Å². The molecule has 2 N–H and O–H groups in total. The summed E-state index contributed by atoms with van der Waals surface area (Å²) in [6, 6.07) is 8.69. The van der Waals surface area contributed by atoms with Gasteiger partial charge in [0.15, 0.2) is 11.5 Å². The summed E-state index contributed by atoms with van der Waals surface area (Å²) in [6.45, 7) is 1.27. The first-order valence-corrected chi connectivity index (χ1v) is 10.7. The molecule has 0 bridgehead atoms. The Hall–Kier alpha value is -3.36. The third-order valence-corrected chi connectivity index (χ3v) is 5.08. The topological polar surface area (TPSA) is 110 Å². The summed E-state index contributed by atoms with van der Waals surface area (Å²) in [7, 11) is 1.36. The van der Waals surface area contributed by atoms with Gasteiger partial charge in [0.05, 0.1) is 23.8 Å². The minimum Gasteiger partial charge on any atom is -0.350 e. The molecule has 3 rings (SSSR count). The number of hydrogen-bond acceptors (Lipinski definition) is 6. The second-order valence-corrected chi connectivity index (χ2v) is 7.67. The van der Waals surface area contributed by atoms with Gasteiger partial charge in [0.2, 0.25) is 5.91 Å². The molecular formula is C20H19F4N5O4S. The fourth-order valence-electron chi connectivity index (χ4n) is 2.97. The van der Waals surface area contributed by atoms with Crippen LogP contribution in [0, 0.1) is 5.82 Å². The van der Waals surface area contributed by atoms with E-state index in [1.807, 2.05) is 0 Å². The number of aromatic nitrogens is 3. The minimum atomic E-state index is -4.72. The molecule has 2 heterocycles. The van der Waals surface area contributed by atoms with E-state index in [2.05, 4.69) is 19.7 Å². The molecule has 34 heavy (non-hydrogen) atoms. The number of anilines is 1. The van der Waals surface area contributed by atoms with Crippen molar-refractivity contribution in [3.63, 3.8) is 0 Å². The highest BCUT2D eigenvalue weighted by atomic mass is 32.2. The summed E-state index contributed by atoms with van der Waals surface area (Å²) < 4.78 is 78.1. The molecule has 14 heteroatoms. The summed E-state index contributed by atoms with van der Waals surface area (Å²) in [6.07, 6.45) is -3.37. The van der Waals surface area contributed by atoms with Crippen molar-refractivity contribution in [3.05, 3.63) is 71.4 Å². The Kier molecular flexibility index (Phi) is 7.64.